The first-order valence-corrected chi connectivity index (χ1v) is 13.6. The normalized spacial score (nSPS) is 14.9. The molecule has 0 spiro atoms. The molecule has 0 radical (unpaired) electrons. The Morgan fingerprint density at radius 3 is 2.54 bits per heavy atom. The number of nitrogens with zero attached hydrogens (tertiary/aromatic N) is 2. The van der Waals surface area contributed by atoms with Gasteiger partial charge in [0.1, 0.15) is 18.2 Å². The largest absolute Gasteiger partial charge is 0.496 e. The van der Waals surface area contributed by atoms with Crippen LogP contribution in [0.4, 0.5) is 8.78 Å². The number of thiazole rings is 1. The quantitative estimate of drug-likeness (QED) is 0.285. The second-order valence-corrected chi connectivity index (χ2v) is 10.2. The lowest BCUT2D eigenvalue weighted by atomic mass is 9.96. The molecular weight excluding hydrogens is 550 g/mol. The molecule has 210 valence electrons. The van der Waals surface area contributed by atoms with E-state index in [2.05, 4.69) is 4.99 Å². The molecule has 1 aliphatic heterocycles. The Bertz CT molecular complexity index is 1830. The molecule has 5 rings (SSSR count). The van der Waals surface area contributed by atoms with Crippen molar-refractivity contribution in [2.45, 2.75) is 26.5 Å². The van der Waals surface area contributed by atoms with Gasteiger partial charge in [-0.3, -0.25) is 9.36 Å². The van der Waals surface area contributed by atoms with Gasteiger partial charge in [0.15, 0.2) is 16.4 Å². The summed E-state index contributed by atoms with van der Waals surface area (Å²) in [6.07, 6.45) is 1.72. The van der Waals surface area contributed by atoms with Crippen LogP contribution in [0, 0.1) is 11.6 Å². The number of hydrogen-bond acceptors (Lipinski definition) is 7. The van der Waals surface area contributed by atoms with Gasteiger partial charge in [-0.1, -0.05) is 47.7 Å². The highest BCUT2D eigenvalue weighted by Gasteiger charge is 2.33. The van der Waals surface area contributed by atoms with Crippen LogP contribution >= 0.6 is 11.3 Å². The van der Waals surface area contributed by atoms with Crippen LogP contribution in [0.1, 0.15) is 36.6 Å². The molecule has 1 unspecified atom stereocenters. The van der Waals surface area contributed by atoms with E-state index in [1.165, 1.54) is 29.1 Å². The highest BCUT2D eigenvalue weighted by molar-refractivity contribution is 7.07. The lowest BCUT2D eigenvalue weighted by molar-refractivity contribution is -0.139. The van der Waals surface area contributed by atoms with Gasteiger partial charge >= 0.3 is 5.97 Å². The van der Waals surface area contributed by atoms with Crippen molar-refractivity contribution in [3.05, 3.63) is 126 Å². The molecule has 0 bridgehead atoms. The number of methoxy groups -OCH3 is 1. The van der Waals surface area contributed by atoms with E-state index in [1.807, 2.05) is 30.3 Å². The monoisotopic (exact) mass is 576 g/mol. The molecule has 4 aromatic rings. The van der Waals surface area contributed by atoms with Crippen molar-refractivity contribution in [3.8, 4) is 11.5 Å². The van der Waals surface area contributed by atoms with Crippen LogP contribution in [0.3, 0.4) is 0 Å². The Balaban J connectivity index is 1.56. The van der Waals surface area contributed by atoms with E-state index in [-0.39, 0.29) is 24.5 Å². The van der Waals surface area contributed by atoms with Crippen LogP contribution in [-0.4, -0.2) is 24.3 Å². The van der Waals surface area contributed by atoms with E-state index in [0.717, 1.165) is 17.7 Å². The molecule has 7 nitrogen and oxygen atoms in total. The lowest BCUT2D eigenvalue weighted by Gasteiger charge is -2.24. The van der Waals surface area contributed by atoms with E-state index in [9.17, 15) is 18.4 Å². The Labute approximate surface area is 238 Å². The number of ether oxygens (including phenoxy) is 3. The third-order valence-corrected chi connectivity index (χ3v) is 7.49. The molecular formula is C31H26F2N2O5S. The summed E-state index contributed by atoms with van der Waals surface area (Å²) in [4.78, 5) is 31.8. The number of carbonyl (C=O) groups is 1. The minimum absolute atomic E-state index is 0.0508. The number of rotatable bonds is 8. The summed E-state index contributed by atoms with van der Waals surface area (Å²) < 4.78 is 45.6. The Kier molecular flexibility index (Phi) is 8.11. The second-order valence-electron chi connectivity index (χ2n) is 9.15. The number of aromatic nitrogens is 1. The van der Waals surface area contributed by atoms with E-state index >= 15 is 0 Å². The summed E-state index contributed by atoms with van der Waals surface area (Å²) in [6.45, 7) is 3.60. The zero-order valence-electron chi connectivity index (χ0n) is 22.5. The van der Waals surface area contributed by atoms with Crippen LogP contribution in [0.2, 0.25) is 0 Å². The van der Waals surface area contributed by atoms with Gasteiger partial charge in [0.05, 0.1) is 35.6 Å². The zero-order valence-corrected chi connectivity index (χ0v) is 23.3. The fraction of sp³-hybridized carbons (Fsp3) is 0.194. The summed E-state index contributed by atoms with van der Waals surface area (Å²) in [6, 6.07) is 16.9. The molecule has 1 aliphatic rings. The van der Waals surface area contributed by atoms with E-state index in [1.54, 1.807) is 38.1 Å². The number of allylic oxidation sites excluding steroid dienone is 1. The van der Waals surface area contributed by atoms with Crippen LogP contribution in [0.25, 0.3) is 6.08 Å². The van der Waals surface area contributed by atoms with Gasteiger partial charge in [0.2, 0.25) is 0 Å². The lowest BCUT2D eigenvalue weighted by Crippen LogP contribution is -2.39. The molecule has 0 fully saturated rings. The summed E-state index contributed by atoms with van der Waals surface area (Å²) >= 11 is 1.21. The molecule has 0 saturated carbocycles. The van der Waals surface area contributed by atoms with Gasteiger partial charge in [-0.05, 0) is 55.3 Å². The molecule has 0 saturated heterocycles. The maximum atomic E-state index is 14.1. The van der Waals surface area contributed by atoms with Crippen molar-refractivity contribution in [1.29, 1.82) is 0 Å². The van der Waals surface area contributed by atoms with Gasteiger partial charge in [-0.25, -0.2) is 18.6 Å². The second kappa shape index (κ2) is 11.9. The number of hydrogen-bond donors (Lipinski definition) is 0. The van der Waals surface area contributed by atoms with Crippen molar-refractivity contribution in [2.24, 2.45) is 4.99 Å². The average Bonchev–Trinajstić information content (AvgIpc) is 3.26. The summed E-state index contributed by atoms with van der Waals surface area (Å²) in [5.41, 5.74) is 2.52. The summed E-state index contributed by atoms with van der Waals surface area (Å²) in [7, 11) is 1.50. The Morgan fingerprint density at radius 1 is 1.07 bits per heavy atom. The molecule has 0 amide bonds. The molecule has 0 aliphatic carbocycles. The minimum atomic E-state index is -0.813. The van der Waals surface area contributed by atoms with Gasteiger partial charge in [-0.15, -0.1) is 0 Å². The highest BCUT2D eigenvalue weighted by atomic mass is 32.1. The first kappa shape index (κ1) is 28.0. The Hall–Kier alpha value is -4.57. The van der Waals surface area contributed by atoms with Gasteiger partial charge in [0, 0.05) is 11.6 Å². The fourth-order valence-corrected chi connectivity index (χ4v) is 5.69. The average molecular weight is 577 g/mol. The number of fused-ring (bicyclic) bond motifs is 1. The van der Waals surface area contributed by atoms with E-state index in [4.69, 9.17) is 14.2 Å². The molecule has 1 aromatic heterocycles. The number of benzene rings is 3. The number of carbonyl (C=O) groups excluding carboxylic acids is 1. The number of halogens is 2. The fourth-order valence-electron chi connectivity index (χ4n) is 4.64. The predicted octanol–water partition coefficient (Wildman–Crippen LogP) is 4.66. The number of esters is 1. The molecule has 3 aromatic carbocycles. The van der Waals surface area contributed by atoms with E-state index < -0.39 is 23.6 Å². The maximum Gasteiger partial charge on any atom is 0.338 e. The van der Waals surface area contributed by atoms with Crippen molar-refractivity contribution in [1.82, 2.24) is 4.57 Å². The summed E-state index contributed by atoms with van der Waals surface area (Å²) in [5, 5.41) is 0. The first-order valence-electron chi connectivity index (χ1n) is 12.8. The molecule has 2 heterocycles. The SMILES string of the molecule is CCOC(=O)C1=C(C)N=c2s/c(=C/c3ccc(OC)c(COc4ccc(F)cc4F)c3)c(=O)n2C1c1ccccc1. The third kappa shape index (κ3) is 5.69. The summed E-state index contributed by atoms with van der Waals surface area (Å²) in [5.74, 6) is -1.62. The van der Waals surface area contributed by atoms with Crippen molar-refractivity contribution < 1.29 is 27.8 Å². The molecule has 10 heteroatoms. The van der Waals surface area contributed by atoms with Crippen LogP contribution in [0.5, 0.6) is 11.5 Å². The molecule has 0 N–H and O–H groups in total. The van der Waals surface area contributed by atoms with Crippen molar-refractivity contribution >= 4 is 23.4 Å². The topological polar surface area (TPSA) is 79.1 Å². The zero-order chi connectivity index (χ0) is 29.1. The molecule has 41 heavy (non-hydrogen) atoms. The third-order valence-electron chi connectivity index (χ3n) is 6.51. The first-order chi connectivity index (χ1) is 19.8. The van der Waals surface area contributed by atoms with Crippen LogP contribution in [0.15, 0.2) is 87.8 Å². The Morgan fingerprint density at radius 2 is 1.83 bits per heavy atom. The van der Waals surface area contributed by atoms with Gasteiger partial charge in [0.25, 0.3) is 5.56 Å². The highest BCUT2D eigenvalue weighted by Crippen LogP contribution is 2.30. The van der Waals surface area contributed by atoms with Crippen LogP contribution < -0.4 is 24.4 Å². The van der Waals surface area contributed by atoms with E-state index in [0.29, 0.717) is 37.5 Å². The van der Waals surface area contributed by atoms with Gasteiger partial charge < -0.3 is 14.2 Å². The van der Waals surface area contributed by atoms with Crippen LogP contribution in [-0.2, 0) is 16.1 Å². The maximum absolute atomic E-state index is 14.1. The smallest absolute Gasteiger partial charge is 0.338 e. The molecule has 1 atom stereocenters. The standard InChI is InChI=1S/C31H26F2N2O5S/c1-4-39-30(37)27-18(2)34-31-35(28(27)20-8-6-5-7-9-20)29(36)26(41-31)15-19-10-12-24(38-3)21(14-19)17-40-25-13-11-22(32)16-23(25)33/h5-16,28H,4,17H2,1-3H3/b26-15+. The minimum Gasteiger partial charge on any atom is -0.496 e. The van der Waals surface area contributed by atoms with Crippen molar-refractivity contribution in [2.75, 3.05) is 13.7 Å². The van der Waals surface area contributed by atoms with Gasteiger partial charge in [-0.2, -0.15) is 0 Å². The predicted molar refractivity (Wildman–Crippen MR) is 151 cm³/mol. The van der Waals surface area contributed by atoms with Crippen molar-refractivity contribution in [3.63, 3.8) is 0 Å².